The molecule has 0 atom stereocenters. The quantitative estimate of drug-likeness (QED) is 0.725. The van der Waals surface area contributed by atoms with Gasteiger partial charge in [0, 0.05) is 11.6 Å². The minimum Gasteiger partial charge on any atom is -0.334 e. The van der Waals surface area contributed by atoms with Gasteiger partial charge in [-0.2, -0.15) is 0 Å². The van der Waals surface area contributed by atoms with Gasteiger partial charge in [0.25, 0.3) is 5.91 Å². The lowest BCUT2D eigenvalue weighted by Gasteiger charge is -2.22. The number of aryl methyl sites for hydroxylation is 1. The van der Waals surface area contributed by atoms with Gasteiger partial charge in [-0.1, -0.05) is 37.0 Å². The molecule has 2 rings (SSSR count). The average Bonchev–Trinajstić information content (AvgIpc) is 2.46. The number of hydrogen-bond donors (Lipinski definition) is 3. The van der Waals surface area contributed by atoms with Crippen LogP contribution in [0.4, 0.5) is 4.79 Å². The van der Waals surface area contributed by atoms with Crippen molar-refractivity contribution in [1.82, 2.24) is 16.2 Å². The van der Waals surface area contributed by atoms with E-state index in [0.29, 0.717) is 5.56 Å². The molecule has 1 aromatic carbocycles. The molecule has 3 amide bonds. The molecule has 0 radical (unpaired) electrons. The number of carbonyl (C=O) groups excluding carboxylic acids is 2. The Kier molecular flexibility index (Phi) is 4.98. The summed E-state index contributed by atoms with van der Waals surface area (Å²) in [5, 5.41) is 2.87. The number of urea groups is 1. The van der Waals surface area contributed by atoms with E-state index in [1.165, 1.54) is 6.42 Å². The van der Waals surface area contributed by atoms with Gasteiger partial charge in [-0.25, -0.2) is 10.2 Å². The maximum atomic E-state index is 11.8. The molecule has 0 bridgehead atoms. The van der Waals surface area contributed by atoms with E-state index < -0.39 is 0 Å². The van der Waals surface area contributed by atoms with Crippen molar-refractivity contribution in [2.45, 2.75) is 45.1 Å². The summed E-state index contributed by atoms with van der Waals surface area (Å²) in [4.78, 5) is 23.5. The van der Waals surface area contributed by atoms with E-state index in [0.717, 1.165) is 31.2 Å². The molecule has 1 saturated carbocycles. The lowest BCUT2D eigenvalue weighted by atomic mass is 9.96. The molecule has 0 unspecified atom stereocenters. The van der Waals surface area contributed by atoms with E-state index in [2.05, 4.69) is 16.2 Å². The lowest BCUT2D eigenvalue weighted by molar-refractivity contribution is 0.0935. The monoisotopic (exact) mass is 275 g/mol. The Morgan fingerprint density at radius 3 is 2.30 bits per heavy atom. The third kappa shape index (κ3) is 4.26. The van der Waals surface area contributed by atoms with Gasteiger partial charge in [0.1, 0.15) is 0 Å². The number of rotatable bonds is 2. The molecule has 3 N–H and O–H groups in total. The molecule has 1 aromatic rings. The fraction of sp³-hybridized carbons (Fsp3) is 0.467. The number of nitrogens with one attached hydrogen (secondary N) is 3. The molecule has 20 heavy (non-hydrogen) atoms. The van der Waals surface area contributed by atoms with Crippen molar-refractivity contribution in [2.24, 2.45) is 0 Å². The molecule has 108 valence electrons. The molecule has 0 aromatic heterocycles. The number of hydrogen-bond acceptors (Lipinski definition) is 2. The van der Waals surface area contributed by atoms with Gasteiger partial charge in [0.15, 0.2) is 0 Å². The van der Waals surface area contributed by atoms with Crippen LogP contribution in [0.1, 0.15) is 48.0 Å². The van der Waals surface area contributed by atoms with Crippen LogP contribution in [0.3, 0.4) is 0 Å². The van der Waals surface area contributed by atoms with Gasteiger partial charge >= 0.3 is 6.03 Å². The summed E-state index contributed by atoms with van der Waals surface area (Å²) in [5.74, 6) is -0.316. The van der Waals surface area contributed by atoms with Crippen LogP contribution in [0, 0.1) is 6.92 Å². The molecular weight excluding hydrogens is 254 g/mol. The predicted octanol–water partition coefficient (Wildman–Crippen LogP) is 2.27. The smallest absolute Gasteiger partial charge is 0.333 e. The Labute approximate surface area is 119 Å². The van der Waals surface area contributed by atoms with Gasteiger partial charge in [-0.05, 0) is 31.9 Å². The lowest BCUT2D eigenvalue weighted by Crippen LogP contribution is -2.50. The van der Waals surface area contributed by atoms with Gasteiger partial charge in [0.2, 0.25) is 0 Å². The Balaban J connectivity index is 1.75. The number of benzene rings is 1. The first kappa shape index (κ1) is 14.4. The first-order valence-electron chi connectivity index (χ1n) is 7.08. The van der Waals surface area contributed by atoms with Crippen molar-refractivity contribution in [2.75, 3.05) is 0 Å². The summed E-state index contributed by atoms with van der Waals surface area (Å²) in [7, 11) is 0. The van der Waals surface area contributed by atoms with Crippen molar-refractivity contribution >= 4 is 11.9 Å². The largest absolute Gasteiger partial charge is 0.334 e. The highest BCUT2D eigenvalue weighted by Gasteiger charge is 2.15. The van der Waals surface area contributed by atoms with Crippen molar-refractivity contribution < 1.29 is 9.59 Å². The van der Waals surface area contributed by atoms with E-state index in [1.54, 1.807) is 12.1 Å². The second kappa shape index (κ2) is 6.93. The van der Waals surface area contributed by atoms with E-state index in [1.807, 2.05) is 19.1 Å². The van der Waals surface area contributed by atoms with Crippen LogP contribution in [-0.2, 0) is 0 Å². The minimum atomic E-state index is -0.350. The molecule has 0 spiro atoms. The summed E-state index contributed by atoms with van der Waals surface area (Å²) in [6, 6.07) is 7.04. The minimum absolute atomic E-state index is 0.222. The second-order valence-corrected chi connectivity index (χ2v) is 5.25. The maximum absolute atomic E-state index is 11.8. The topological polar surface area (TPSA) is 70.2 Å². The first-order valence-corrected chi connectivity index (χ1v) is 7.08. The summed E-state index contributed by atoms with van der Waals surface area (Å²) in [5.41, 5.74) is 6.41. The van der Waals surface area contributed by atoms with E-state index in [9.17, 15) is 9.59 Å². The Morgan fingerprint density at radius 1 is 1.00 bits per heavy atom. The normalized spacial score (nSPS) is 15.4. The highest BCUT2D eigenvalue weighted by molar-refractivity contribution is 5.95. The van der Waals surface area contributed by atoms with Gasteiger partial charge in [-0.15, -0.1) is 0 Å². The van der Waals surface area contributed by atoms with E-state index in [-0.39, 0.29) is 18.0 Å². The molecule has 1 fully saturated rings. The highest BCUT2D eigenvalue weighted by Crippen LogP contribution is 2.16. The zero-order valence-corrected chi connectivity index (χ0v) is 11.7. The average molecular weight is 275 g/mol. The number of carbonyl (C=O) groups is 2. The standard InChI is InChI=1S/C15H21N3O2/c1-11-7-9-12(10-8-11)14(19)17-18-15(20)16-13-5-3-2-4-6-13/h7-10,13H,2-6H2,1H3,(H,17,19)(H2,16,18,20). The molecule has 1 aliphatic carbocycles. The molecule has 0 aliphatic heterocycles. The molecule has 5 heteroatoms. The van der Waals surface area contributed by atoms with Crippen molar-refractivity contribution in [3.05, 3.63) is 35.4 Å². The van der Waals surface area contributed by atoms with Crippen LogP contribution >= 0.6 is 0 Å². The van der Waals surface area contributed by atoms with Gasteiger partial charge < -0.3 is 5.32 Å². The van der Waals surface area contributed by atoms with Crippen LogP contribution in [0.2, 0.25) is 0 Å². The van der Waals surface area contributed by atoms with Gasteiger partial charge in [0.05, 0.1) is 0 Å². The first-order chi connectivity index (χ1) is 9.65. The molecule has 1 aliphatic rings. The Hall–Kier alpha value is -2.04. The third-order valence-corrected chi connectivity index (χ3v) is 3.54. The SMILES string of the molecule is Cc1ccc(C(=O)NNC(=O)NC2CCCCC2)cc1. The molecule has 0 saturated heterocycles. The summed E-state index contributed by atoms with van der Waals surface area (Å²) in [6.07, 6.45) is 5.57. The second-order valence-electron chi connectivity index (χ2n) is 5.25. The summed E-state index contributed by atoms with van der Waals surface area (Å²) >= 11 is 0. The third-order valence-electron chi connectivity index (χ3n) is 3.54. The van der Waals surface area contributed by atoms with Crippen molar-refractivity contribution in [3.8, 4) is 0 Å². The zero-order valence-electron chi connectivity index (χ0n) is 11.7. The fourth-order valence-electron chi connectivity index (χ4n) is 2.36. The van der Waals surface area contributed by atoms with E-state index >= 15 is 0 Å². The van der Waals surface area contributed by atoms with Crippen LogP contribution < -0.4 is 16.2 Å². The van der Waals surface area contributed by atoms with Crippen molar-refractivity contribution in [3.63, 3.8) is 0 Å². The van der Waals surface area contributed by atoms with Crippen LogP contribution in [0.15, 0.2) is 24.3 Å². The fourth-order valence-corrected chi connectivity index (χ4v) is 2.36. The van der Waals surface area contributed by atoms with Gasteiger partial charge in [-0.3, -0.25) is 10.2 Å². The summed E-state index contributed by atoms with van der Waals surface area (Å²) < 4.78 is 0. The highest BCUT2D eigenvalue weighted by atomic mass is 16.2. The maximum Gasteiger partial charge on any atom is 0.333 e. The predicted molar refractivity (Wildman–Crippen MR) is 77.2 cm³/mol. The van der Waals surface area contributed by atoms with Crippen molar-refractivity contribution in [1.29, 1.82) is 0 Å². The van der Waals surface area contributed by atoms with Crippen LogP contribution in [0.5, 0.6) is 0 Å². The zero-order chi connectivity index (χ0) is 14.4. The Morgan fingerprint density at radius 2 is 1.65 bits per heavy atom. The van der Waals surface area contributed by atoms with E-state index in [4.69, 9.17) is 0 Å². The number of hydrazine groups is 1. The summed E-state index contributed by atoms with van der Waals surface area (Å²) in [6.45, 7) is 1.96. The Bertz CT molecular complexity index is 465. The van der Waals surface area contributed by atoms with Crippen LogP contribution in [0.25, 0.3) is 0 Å². The number of amides is 3. The molecule has 5 nitrogen and oxygen atoms in total. The molecule has 0 heterocycles. The molecular formula is C15H21N3O2. The van der Waals surface area contributed by atoms with Crippen LogP contribution in [-0.4, -0.2) is 18.0 Å².